The average Bonchev–Trinajstić information content (AvgIpc) is 2.34. The largest absolute Gasteiger partial charge is 0.480 e. The fraction of sp³-hybridized carbons (Fsp3) is 0.364. The van der Waals surface area contributed by atoms with Crippen LogP contribution in [0, 0.1) is 10.1 Å². The first-order valence-electron chi connectivity index (χ1n) is 5.25. The van der Waals surface area contributed by atoms with Crippen LogP contribution in [0.1, 0.15) is 11.6 Å². The van der Waals surface area contributed by atoms with Crippen LogP contribution in [0.4, 0.5) is 5.69 Å². The molecule has 0 aromatic heterocycles. The third-order valence-electron chi connectivity index (χ3n) is 2.34. The van der Waals surface area contributed by atoms with E-state index >= 15 is 0 Å². The molecule has 0 aliphatic heterocycles. The lowest BCUT2D eigenvalue weighted by molar-refractivity contribution is -0.384. The van der Waals surface area contributed by atoms with Crippen LogP contribution in [0.25, 0.3) is 0 Å². The Bertz CT molecular complexity index is 418. The molecule has 0 amide bonds. The quantitative estimate of drug-likeness (QED) is 0.427. The molecule has 0 bridgehead atoms. The molecule has 98 valence electrons. The molecular weight excluding hydrogens is 240 g/mol. The molecule has 0 aliphatic carbocycles. The van der Waals surface area contributed by atoms with E-state index in [-0.39, 0.29) is 5.69 Å². The normalized spacial score (nSPS) is 12.1. The summed E-state index contributed by atoms with van der Waals surface area (Å²) in [6, 6.07) is 4.51. The van der Waals surface area contributed by atoms with Gasteiger partial charge in [-0.1, -0.05) is 12.1 Å². The van der Waals surface area contributed by atoms with Crippen molar-refractivity contribution in [2.45, 2.75) is 6.04 Å². The van der Waals surface area contributed by atoms with Crippen LogP contribution in [0.2, 0.25) is 0 Å². The van der Waals surface area contributed by atoms with Crippen molar-refractivity contribution in [3.63, 3.8) is 0 Å². The van der Waals surface area contributed by atoms with Crippen molar-refractivity contribution < 1.29 is 19.6 Å². The number of nitro groups is 1. The molecule has 0 spiro atoms. The monoisotopic (exact) mass is 254 g/mol. The molecule has 7 heteroatoms. The van der Waals surface area contributed by atoms with E-state index < -0.39 is 16.9 Å². The Balaban J connectivity index is 2.79. The second kappa shape index (κ2) is 6.67. The maximum Gasteiger partial charge on any atom is 0.325 e. The van der Waals surface area contributed by atoms with Gasteiger partial charge in [0.25, 0.3) is 5.69 Å². The van der Waals surface area contributed by atoms with E-state index in [4.69, 9.17) is 9.84 Å². The van der Waals surface area contributed by atoms with Crippen molar-refractivity contribution in [2.24, 2.45) is 0 Å². The van der Waals surface area contributed by atoms with Gasteiger partial charge in [0.1, 0.15) is 6.04 Å². The Hall–Kier alpha value is -1.99. The van der Waals surface area contributed by atoms with Crippen LogP contribution in [-0.2, 0) is 9.53 Å². The molecule has 1 aromatic rings. The third kappa shape index (κ3) is 3.79. The zero-order valence-corrected chi connectivity index (χ0v) is 9.83. The van der Waals surface area contributed by atoms with Crippen molar-refractivity contribution in [3.05, 3.63) is 39.9 Å². The topological polar surface area (TPSA) is 102 Å². The van der Waals surface area contributed by atoms with E-state index in [0.29, 0.717) is 18.7 Å². The number of hydrogen-bond donors (Lipinski definition) is 2. The number of nitrogens with zero attached hydrogens (tertiary/aromatic N) is 1. The lowest BCUT2D eigenvalue weighted by Crippen LogP contribution is -2.30. The molecule has 0 saturated carbocycles. The Morgan fingerprint density at radius 3 is 2.56 bits per heavy atom. The SMILES string of the molecule is COCCNC(C(=O)O)c1ccc([N+](=O)[O-])cc1. The molecule has 2 N–H and O–H groups in total. The highest BCUT2D eigenvalue weighted by molar-refractivity contribution is 5.75. The highest BCUT2D eigenvalue weighted by Gasteiger charge is 2.19. The second-order valence-electron chi connectivity index (χ2n) is 3.57. The molecule has 0 aliphatic rings. The van der Waals surface area contributed by atoms with Gasteiger partial charge in [-0.3, -0.25) is 20.2 Å². The zero-order chi connectivity index (χ0) is 13.5. The van der Waals surface area contributed by atoms with Crippen LogP contribution >= 0.6 is 0 Å². The molecule has 0 heterocycles. The lowest BCUT2D eigenvalue weighted by Gasteiger charge is -2.14. The molecule has 1 unspecified atom stereocenters. The lowest BCUT2D eigenvalue weighted by atomic mass is 10.1. The van der Waals surface area contributed by atoms with Crippen molar-refractivity contribution in [1.29, 1.82) is 0 Å². The van der Waals surface area contributed by atoms with Gasteiger partial charge < -0.3 is 9.84 Å². The predicted molar refractivity (Wildman–Crippen MR) is 63.4 cm³/mol. The minimum atomic E-state index is -1.04. The van der Waals surface area contributed by atoms with Gasteiger partial charge in [-0.2, -0.15) is 0 Å². The zero-order valence-electron chi connectivity index (χ0n) is 9.83. The first kappa shape index (κ1) is 14.1. The van der Waals surface area contributed by atoms with Crippen LogP contribution in [0.5, 0.6) is 0 Å². The van der Waals surface area contributed by atoms with E-state index in [1.54, 1.807) is 0 Å². The number of nitrogens with one attached hydrogen (secondary N) is 1. The average molecular weight is 254 g/mol. The van der Waals surface area contributed by atoms with Gasteiger partial charge in [-0.05, 0) is 5.56 Å². The number of benzene rings is 1. The molecule has 0 radical (unpaired) electrons. The summed E-state index contributed by atoms with van der Waals surface area (Å²) in [6.45, 7) is 0.765. The highest BCUT2D eigenvalue weighted by Crippen LogP contribution is 2.17. The molecule has 1 rings (SSSR count). The summed E-state index contributed by atoms with van der Waals surface area (Å²) in [5, 5.41) is 22.3. The Kier molecular flexibility index (Phi) is 5.22. The Labute approximate surface area is 104 Å². The number of non-ortho nitro benzene ring substituents is 1. The van der Waals surface area contributed by atoms with Crippen molar-refractivity contribution in [3.8, 4) is 0 Å². The van der Waals surface area contributed by atoms with Crippen LogP contribution in [-0.4, -0.2) is 36.3 Å². The second-order valence-corrected chi connectivity index (χ2v) is 3.57. The van der Waals surface area contributed by atoms with E-state index in [1.165, 1.54) is 31.4 Å². The minimum absolute atomic E-state index is 0.0696. The smallest absolute Gasteiger partial charge is 0.325 e. The van der Waals surface area contributed by atoms with E-state index in [0.717, 1.165) is 0 Å². The summed E-state index contributed by atoms with van der Waals surface area (Å²) >= 11 is 0. The van der Waals surface area contributed by atoms with Crippen molar-refractivity contribution in [1.82, 2.24) is 5.32 Å². The standard InChI is InChI=1S/C11H14N2O5/c1-18-7-6-12-10(11(14)15)8-2-4-9(5-3-8)13(16)17/h2-5,10,12H,6-7H2,1H3,(H,14,15). The van der Waals surface area contributed by atoms with Gasteiger partial charge >= 0.3 is 5.97 Å². The fourth-order valence-electron chi connectivity index (χ4n) is 1.44. The third-order valence-corrected chi connectivity index (χ3v) is 2.34. The van der Waals surface area contributed by atoms with E-state index in [2.05, 4.69) is 5.32 Å². The van der Waals surface area contributed by atoms with Gasteiger partial charge in [-0.15, -0.1) is 0 Å². The number of ether oxygens (including phenoxy) is 1. The van der Waals surface area contributed by atoms with Gasteiger partial charge in [-0.25, -0.2) is 0 Å². The van der Waals surface area contributed by atoms with Crippen molar-refractivity contribution in [2.75, 3.05) is 20.3 Å². The van der Waals surface area contributed by atoms with Gasteiger partial charge in [0.15, 0.2) is 0 Å². The van der Waals surface area contributed by atoms with Gasteiger partial charge in [0.2, 0.25) is 0 Å². The summed E-state index contributed by atoms with van der Waals surface area (Å²) in [5.74, 6) is -1.04. The van der Waals surface area contributed by atoms with E-state index in [9.17, 15) is 14.9 Å². The molecular formula is C11H14N2O5. The van der Waals surface area contributed by atoms with Crippen LogP contribution < -0.4 is 5.32 Å². The number of methoxy groups -OCH3 is 1. The number of hydrogen-bond acceptors (Lipinski definition) is 5. The Morgan fingerprint density at radius 1 is 1.50 bits per heavy atom. The fourth-order valence-corrected chi connectivity index (χ4v) is 1.44. The maximum absolute atomic E-state index is 11.1. The number of carbonyl (C=O) groups is 1. The summed E-state index contributed by atoms with van der Waals surface area (Å²) < 4.78 is 4.81. The molecule has 1 atom stereocenters. The van der Waals surface area contributed by atoms with E-state index in [1.807, 2.05) is 0 Å². The molecule has 0 fully saturated rings. The van der Waals surface area contributed by atoms with Gasteiger partial charge in [0, 0.05) is 25.8 Å². The summed E-state index contributed by atoms with van der Waals surface area (Å²) in [7, 11) is 1.52. The van der Waals surface area contributed by atoms with Crippen LogP contribution in [0.15, 0.2) is 24.3 Å². The number of carboxylic acid groups (broad SMARTS) is 1. The number of carboxylic acids is 1. The van der Waals surface area contributed by atoms with Crippen LogP contribution in [0.3, 0.4) is 0 Å². The minimum Gasteiger partial charge on any atom is -0.480 e. The first-order chi connectivity index (χ1) is 8.56. The maximum atomic E-state index is 11.1. The molecule has 7 nitrogen and oxygen atoms in total. The number of nitro benzene ring substituents is 1. The molecule has 0 saturated heterocycles. The molecule has 1 aromatic carbocycles. The molecule has 18 heavy (non-hydrogen) atoms. The summed E-state index contributed by atoms with van der Waals surface area (Å²) in [4.78, 5) is 21.0. The first-order valence-corrected chi connectivity index (χ1v) is 5.25. The summed E-state index contributed by atoms with van der Waals surface area (Å²) in [6.07, 6.45) is 0. The highest BCUT2D eigenvalue weighted by atomic mass is 16.6. The Morgan fingerprint density at radius 2 is 2.11 bits per heavy atom. The summed E-state index contributed by atoms with van der Waals surface area (Å²) in [5.41, 5.74) is 0.393. The number of rotatable bonds is 7. The predicted octanol–water partition coefficient (Wildman–Crippen LogP) is 0.956. The number of aliphatic carboxylic acids is 1. The van der Waals surface area contributed by atoms with Gasteiger partial charge in [0.05, 0.1) is 11.5 Å². The van der Waals surface area contributed by atoms with Crippen molar-refractivity contribution >= 4 is 11.7 Å².